The van der Waals surface area contributed by atoms with Crippen molar-refractivity contribution in [2.45, 2.75) is 13.5 Å². The monoisotopic (exact) mass is 463 g/mol. The third-order valence-electron chi connectivity index (χ3n) is 5.50. The van der Waals surface area contributed by atoms with Crippen LogP contribution in [0, 0.1) is 10.1 Å². The van der Waals surface area contributed by atoms with Gasteiger partial charge in [-0.25, -0.2) is 0 Å². The lowest BCUT2D eigenvalue weighted by Gasteiger charge is -2.33. The average molecular weight is 463 g/mol. The normalized spacial score (nSPS) is 14.4. The zero-order chi connectivity index (χ0) is 23.9. The lowest BCUT2D eigenvalue weighted by molar-refractivity contribution is -0.384. The summed E-state index contributed by atoms with van der Waals surface area (Å²) in [5.74, 6) is 1.43. The number of carbonyl (C=O) groups excluding carboxylic acids is 1. The van der Waals surface area contributed by atoms with E-state index in [4.69, 9.17) is 4.74 Å². The number of ether oxygens (including phenoxy) is 1. The summed E-state index contributed by atoms with van der Waals surface area (Å²) in [5.41, 5.74) is 1.61. The average Bonchev–Trinajstić information content (AvgIpc) is 3.32. The van der Waals surface area contributed by atoms with E-state index in [2.05, 4.69) is 20.4 Å². The molecular formula is C23H25N7O4. The molecule has 34 heavy (non-hydrogen) atoms. The van der Waals surface area contributed by atoms with E-state index in [0.717, 1.165) is 22.8 Å². The maximum Gasteiger partial charge on any atom is 0.269 e. The molecule has 1 aliphatic rings. The van der Waals surface area contributed by atoms with Gasteiger partial charge in [-0.05, 0) is 65.4 Å². The minimum Gasteiger partial charge on any atom is -0.494 e. The molecule has 11 heteroatoms. The molecule has 1 amide bonds. The summed E-state index contributed by atoms with van der Waals surface area (Å²) in [4.78, 5) is 26.8. The SMILES string of the molecule is CCOc1ccc(-n2nnnc2CN2CCN(C(=O)/C=C\c3ccc([N+](=O)[O-])cc3)CC2)cc1. The Morgan fingerprint density at radius 2 is 1.79 bits per heavy atom. The molecule has 11 nitrogen and oxygen atoms in total. The van der Waals surface area contributed by atoms with Crippen molar-refractivity contribution >= 4 is 17.7 Å². The standard InChI is InChI=1S/C23H25N7O4/c1-2-34-21-10-8-19(9-11-21)29-22(24-25-26-29)17-27-13-15-28(16-14-27)23(31)12-5-18-3-6-20(7-4-18)30(32)33/h3-12H,2,13-17H2,1H3/b12-5-. The molecule has 2 aromatic carbocycles. The lowest BCUT2D eigenvalue weighted by Crippen LogP contribution is -2.48. The highest BCUT2D eigenvalue weighted by Gasteiger charge is 2.21. The number of nitrogens with zero attached hydrogens (tertiary/aromatic N) is 7. The Hall–Kier alpha value is -4.12. The van der Waals surface area contributed by atoms with E-state index in [-0.39, 0.29) is 11.6 Å². The molecule has 0 spiro atoms. The zero-order valence-corrected chi connectivity index (χ0v) is 18.8. The molecule has 1 saturated heterocycles. The molecule has 0 bridgehead atoms. The lowest BCUT2D eigenvalue weighted by atomic mass is 10.2. The Kier molecular flexibility index (Phi) is 7.23. The van der Waals surface area contributed by atoms with Crippen LogP contribution in [0.2, 0.25) is 0 Å². The first-order valence-electron chi connectivity index (χ1n) is 11.0. The third kappa shape index (κ3) is 5.62. The number of carbonyl (C=O) groups is 1. The molecule has 0 unspecified atom stereocenters. The summed E-state index contributed by atoms with van der Waals surface area (Å²) in [6.45, 7) is 5.70. The minimum atomic E-state index is -0.450. The first kappa shape index (κ1) is 23.1. The Morgan fingerprint density at radius 3 is 2.44 bits per heavy atom. The highest BCUT2D eigenvalue weighted by Crippen LogP contribution is 2.17. The molecular weight excluding hydrogens is 438 g/mol. The largest absolute Gasteiger partial charge is 0.494 e. The van der Waals surface area contributed by atoms with E-state index >= 15 is 0 Å². The number of hydrogen-bond donors (Lipinski definition) is 0. The van der Waals surface area contributed by atoms with E-state index in [9.17, 15) is 14.9 Å². The summed E-state index contributed by atoms with van der Waals surface area (Å²) >= 11 is 0. The van der Waals surface area contributed by atoms with Gasteiger partial charge in [0.05, 0.1) is 23.8 Å². The fraction of sp³-hybridized carbons (Fsp3) is 0.304. The van der Waals surface area contributed by atoms with Crippen LogP contribution in [0.4, 0.5) is 5.69 Å². The molecule has 1 fully saturated rings. The molecule has 2 heterocycles. The number of nitro benzene ring substituents is 1. The van der Waals surface area contributed by atoms with Crippen molar-refractivity contribution in [3.63, 3.8) is 0 Å². The summed E-state index contributed by atoms with van der Waals surface area (Å²) in [6.07, 6.45) is 3.17. The second-order valence-corrected chi connectivity index (χ2v) is 7.72. The summed E-state index contributed by atoms with van der Waals surface area (Å²) < 4.78 is 7.19. The highest BCUT2D eigenvalue weighted by atomic mass is 16.6. The number of hydrogen-bond acceptors (Lipinski definition) is 8. The van der Waals surface area contributed by atoms with Gasteiger partial charge in [-0.3, -0.25) is 19.8 Å². The van der Waals surface area contributed by atoms with Gasteiger partial charge in [0.1, 0.15) is 5.75 Å². The predicted molar refractivity (Wildman–Crippen MR) is 124 cm³/mol. The Morgan fingerprint density at radius 1 is 1.09 bits per heavy atom. The Labute approximate surface area is 196 Å². The van der Waals surface area contributed by atoms with Gasteiger partial charge in [-0.1, -0.05) is 0 Å². The summed E-state index contributed by atoms with van der Waals surface area (Å²) in [5, 5.41) is 22.9. The highest BCUT2D eigenvalue weighted by molar-refractivity contribution is 5.91. The van der Waals surface area contributed by atoms with Gasteiger partial charge < -0.3 is 9.64 Å². The van der Waals surface area contributed by atoms with Crippen LogP contribution in [-0.2, 0) is 11.3 Å². The van der Waals surface area contributed by atoms with Crippen molar-refractivity contribution in [1.29, 1.82) is 0 Å². The van der Waals surface area contributed by atoms with Crippen LogP contribution >= 0.6 is 0 Å². The first-order chi connectivity index (χ1) is 16.5. The molecule has 0 aliphatic carbocycles. The number of tetrazole rings is 1. The van der Waals surface area contributed by atoms with Gasteiger partial charge in [0.15, 0.2) is 5.82 Å². The van der Waals surface area contributed by atoms with Crippen LogP contribution in [0.3, 0.4) is 0 Å². The number of aromatic nitrogens is 4. The first-order valence-corrected chi connectivity index (χ1v) is 11.0. The Bertz CT molecular complexity index is 1150. The van der Waals surface area contributed by atoms with Crippen molar-refractivity contribution in [2.75, 3.05) is 32.8 Å². The maximum atomic E-state index is 12.5. The van der Waals surface area contributed by atoms with Crippen molar-refractivity contribution in [1.82, 2.24) is 30.0 Å². The van der Waals surface area contributed by atoms with Gasteiger partial charge >= 0.3 is 0 Å². The van der Waals surface area contributed by atoms with E-state index < -0.39 is 4.92 Å². The van der Waals surface area contributed by atoms with Crippen LogP contribution in [0.5, 0.6) is 5.75 Å². The predicted octanol–water partition coefficient (Wildman–Crippen LogP) is 2.33. The number of nitro groups is 1. The second kappa shape index (κ2) is 10.7. The molecule has 1 aliphatic heterocycles. The smallest absolute Gasteiger partial charge is 0.269 e. The molecule has 0 N–H and O–H groups in total. The van der Waals surface area contributed by atoms with Gasteiger partial charge in [-0.15, -0.1) is 5.10 Å². The topological polar surface area (TPSA) is 120 Å². The van der Waals surface area contributed by atoms with E-state index in [0.29, 0.717) is 39.3 Å². The number of rotatable bonds is 8. The van der Waals surface area contributed by atoms with Gasteiger partial charge in [0.2, 0.25) is 5.91 Å². The quantitative estimate of drug-likeness (QED) is 0.284. The number of benzene rings is 2. The van der Waals surface area contributed by atoms with Gasteiger partial charge in [0, 0.05) is 44.4 Å². The van der Waals surface area contributed by atoms with Crippen molar-refractivity contribution in [3.05, 3.63) is 76.1 Å². The van der Waals surface area contributed by atoms with Crippen LogP contribution in [0.15, 0.2) is 54.6 Å². The number of piperazine rings is 1. The molecule has 0 atom stereocenters. The molecule has 0 saturated carbocycles. The minimum absolute atomic E-state index is 0.0214. The maximum absolute atomic E-state index is 12.5. The summed E-state index contributed by atoms with van der Waals surface area (Å²) in [6, 6.07) is 13.7. The molecule has 4 rings (SSSR count). The van der Waals surface area contributed by atoms with Gasteiger partial charge in [-0.2, -0.15) is 4.68 Å². The van der Waals surface area contributed by atoms with Crippen LogP contribution in [-0.4, -0.2) is 73.6 Å². The second-order valence-electron chi connectivity index (χ2n) is 7.72. The number of amides is 1. The van der Waals surface area contributed by atoms with E-state index in [1.54, 1.807) is 27.8 Å². The van der Waals surface area contributed by atoms with Gasteiger partial charge in [0.25, 0.3) is 5.69 Å². The van der Waals surface area contributed by atoms with Crippen molar-refractivity contribution in [2.24, 2.45) is 0 Å². The van der Waals surface area contributed by atoms with E-state index in [1.165, 1.54) is 18.2 Å². The fourth-order valence-electron chi connectivity index (χ4n) is 3.66. The third-order valence-corrected chi connectivity index (χ3v) is 5.50. The van der Waals surface area contributed by atoms with Crippen LogP contribution in [0.1, 0.15) is 18.3 Å². The number of non-ortho nitro benzene ring substituents is 1. The van der Waals surface area contributed by atoms with Crippen molar-refractivity contribution < 1.29 is 14.5 Å². The van der Waals surface area contributed by atoms with Crippen molar-refractivity contribution in [3.8, 4) is 11.4 Å². The fourth-order valence-corrected chi connectivity index (χ4v) is 3.66. The summed E-state index contributed by atoms with van der Waals surface area (Å²) in [7, 11) is 0. The van der Waals surface area contributed by atoms with Crippen LogP contribution < -0.4 is 4.74 Å². The Balaban J connectivity index is 1.30. The molecule has 176 valence electrons. The zero-order valence-electron chi connectivity index (χ0n) is 18.8. The molecule has 1 aromatic heterocycles. The molecule has 3 aromatic rings. The van der Waals surface area contributed by atoms with E-state index in [1.807, 2.05) is 31.2 Å². The molecule has 0 radical (unpaired) electrons. The van der Waals surface area contributed by atoms with Crippen LogP contribution in [0.25, 0.3) is 11.8 Å².